The van der Waals surface area contributed by atoms with Gasteiger partial charge in [-0.05, 0) is 6.07 Å². The number of carbonyl (C=O) groups is 1. The summed E-state index contributed by atoms with van der Waals surface area (Å²) in [6.07, 6.45) is 2.58. The molecule has 2 aromatic rings. The summed E-state index contributed by atoms with van der Waals surface area (Å²) in [4.78, 5) is 14.5. The Kier molecular flexibility index (Phi) is 1.94. The minimum atomic E-state index is 0.464. The van der Waals surface area contributed by atoms with Crippen LogP contribution in [0.1, 0.15) is 10.5 Å². The maximum atomic E-state index is 10.4. The van der Waals surface area contributed by atoms with Crippen LogP contribution < -0.4 is 0 Å². The molecular weight excluding hydrogens is 186 g/mol. The van der Waals surface area contributed by atoms with Crippen LogP contribution in [-0.4, -0.2) is 21.1 Å². The number of nitrogens with zero attached hydrogens (tertiary/aromatic N) is 3. The number of hydrogen-bond acceptors (Lipinski definition) is 4. The maximum Gasteiger partial charge on any atom is 0.169 e. The standard InChI is InChI=1S/C8H7N3OS/c1-11-3-2-7(10-11)8-9-6(4-12)5-13-8/h2-5H,1H3. The van der Waals surface area contributed by atoms with Crippen LogP contribution in [0, 0.1) is 0 Å². The second-order valence-corrected chi connectivity index (χ2v) is 3.43. The van der Waals surface area contributed by atoms with Crippen LogP contribution in [0.3, 0.4) is 0 Å². The molecule has 0 N–H and O–H groups in total. The smallest absolute Gasteiger partial charge is 0.169 e. The molecule has 0 bridgehead atoms. The van der Waals surface area contributed by atoms with Gasteiger partial charge in [0, 0.05) is 18.6 Å². The van der Waals surface area contributed by atoms with Gasteiger partial charge in [0.2, 0.25) is 0 Å². The Morgan fingerprint density at radius 1 is 1.62 bits per heavy atom. The van der Waals surface area contributed by atoms with Gasteiger partial charge in [0.15, 0.2) is 6.29 Å². The molecule has 0 aliphatic heterocycles. The number of carbonyl (C=O) groups excluding carboxylic acids is 1. The van der Waals surface area contributed by atoms with Gasteiger partial charge in [-0.25, -0.2) is 4.98 Å². The van der Waals surface area contributed by atoms with Crippen LogP contribution in [0.5, 0.6) is 0 Å². The Bertz CT molecular complexity index is 432. The zero-order valence-corrected chi connectivity index (χ0v) is 7.78. The fourth-order valence-electron chi connectivity index (χ4n) is 0.987. The van der Waals surface area contributed by atoms with Gasteiger partial charge in [0.05, 0.1) is 0 Å². The third-order valence-electron chi connectivity index (χ3n) is 1.58. The van der Waals surface area contributed by atoms with E-state index in [4.69, 9.17) is 0 Å². The first-order valence-corrected chi connectivity index (χ1v) is 4.58. The predicted molar refractivity (Wildman–Crippen MR) is 49.7 cm³/mol. The van der Waals surface area contributed by atoms with E-state index < -0.39 is 0 Å². The number of aldehydes is 1. The van der Waals surface area contributed by atoms with Crippen molar-refractivity contribution in [3.05, 3.63) is 23.3 Å². The lowest BCUT2D eigenvalue weighted by Gasteiger charge is -1.86. The Hall–Kier alpha value is -1.49. The Labute approximate surface area is 78.8 Å². The van der Waals surface area contributed by atoms with Gasteiger partial charge in [0.1, 0.15) is 16.4 Å². The topological polar surface area (TPSA) is 47.8 Å². The van der Waals surface area contributed by atoms with Gasteiger partial charge in [-0.2, -0.15) is 5.10 Å². The third kappa shape index (κ3) is 1.50. The van der Waals surface area contributed by atoms with Crippen molar-refractivity contribution in [1.82, 2.24) is 14.8 Å². The van der Waals surface area contributed by atoms with Crippen LogP contribution in [-0.2, 0) is 7.05 Å². The van der Waals surface area contributed by atoms with Crippen molar-refractivity contribution in [3.8, 4) is 10.7 Å². The van der Waals surface area contributed by atoms with Gasteiger partial charge in [-0.3, -0.25) is 9.48 Å². The van der Waals surface area contributed by atoms with Gasteiger partial charge in [-0.1, -0.05) is 0 Å². The first-order chi connectivity index (χ1) is 6.29. The monoisotopic (exact) mass is 193 g/mol. The highest BCUT2D eigenvalue weighted by Crippen LogP contribution is 2.20. The van der Waals surface area contributed by atoms with E-state index in [1.165, 1.54) is 11.3 Å². The van der Waals surface area contributed by atoms with Crippen LogP contribution in [0.25, 0.3) is 10.7 Å². The van der Waals surface area contributed by atoms with Crippen molar-refractivity contribution in [3.63, 3.8) is 0 Å². The zero-order valence-electron chi connectivity index (χ0n) is 6.97. The largest absolute Gasteiger partial charge is 0.296 e. The summed E-state index contributed by atoms with van der Waals surface area (Å²) in [5, 5.41) is 6.68. The molecule has 66 valence electrons. The van der Waals surface area contributed by atoms with E-state index in [0.717, 1.165) is 17.0 Å². The second-order valence-electron chi connectivity index (χ2n) is 2.57. The summed E-state index contributed by atoms with van der Waals surface area (Å²) < 4.78 is 1.71. The van der Waals surface area contributed by atoms with E-state index in [9.17, 15) is 4.79 Å². The molecule has 0 fully saturated rings. The van der Waals surface area contributed by atoms with Crippen molar-refractivity contribution >= 4 is 17.6 Å². The number of hydrogen-bond donors (Lipinski definition) is 0. The Morgan fingerprint density at radius 3 is 3.00 bits per heavy atom. The summed E-state index contributed by atoms with van der Waals surface area (Å²) in [6, 6.07) is 1.87. The first-order valence-electron chi connectivity index (χ1n) is 3.70. The zero-order chi connectivity index (χ0) is 9.26. The molecule has 0 unspecified atom stereocenters. The van der Waals surface area contributed by atoms with Crippen LogP contribution in [0.2, 0.25) is 0 Å². The van der Waals surface area contributed by atoms with E-state index in [-0.39, 0.29) is 0 Å². The van der Waals surface area contributed by atoms with Crippen molar-refractivity contribution in [2.75, 3.05) is 0 Å². The van der Waals surface area contributed by atoms with E-state index in [1.54, 1.807) is 10.1 Å². The lowest BCUT2D eigenvalue weighted by molar-refractivity contribution is 0.111. The maximum absolute atomic E-state index is 10.4. The fraction of sp³-hybridized carbons (Fsp3) is 0.125. The van der Waals surface area contributed by atoms with Crippen molar-refractivity contribution in [1.29, 1.82) is 0 Å². The molecule has 2 aromatic heterocycles. The molecule has 0 spiro atoms. The number of thiazole rings is 1. The van der Waals surface area contributed by atoms with E-state index in [0.29, 0.717) is 5.69 Å². The summed E-state index contributed by atoms with van der Waals surface area (Å²) in [5.74, 6) is 0. The summed E-state index contributed by atoms with van der Waals surface area (Å²) >= 11 is 1.42. The SMILES string of the molecule is Cn1ccc(-c2nc(C=O)cs2)n1. The quantitative estimate of drug-likeness (QED) is 0.676. The molecule has 0 amide bonds. The lowest BCUT2D eigenvalue weighted by atomic mass is 10.4. The molecule has 0 saturated carbocycles. The molecule has 0 aromatic carbocycles. The van der Waals surface area contributed by atoms with E-state index in [1.807, 2.05) is 19.3 Å². The van der Waals surface area contributed by atoms with Gasteiger partial charge >= 0.3 is 0 Å². The van der Waals surface area contributed by atoms with Crippen molar-refractivity contribution in [2.24, 2.45) is 7.05 Å². The van der Waals surface area contributed by atoms with Crippen LogP contribution in [0.4, 0.5) is 0 Å². The molecule has 5 heteroatoms. The average molecular weight is 193 g/mol. The predicted octanol–water partition coefficient (Wildman–Crippen LogP) is 1.36. The molecule has 13 heavy (non-hydrogen) atoms. The second kappa shape index (κ2) is 3.10. The number of rotatable bonds is 2. The molecule has 2 heterocycles. The highest BCUT2D eigenvalue weighted by Gasteiger charge is 2.05. The molecule has 0 atom stereocenters. The van der Waals surface area contributed by atoms with E-state index in [2.05, 4.69) is 10.1 Å². The van der Waals surface area contributed by atoms with Crippen molar-refractivity contribution < 1.29 is 4.79 Å². The van der Waals surface area contributed by atoms with E-state index >= 15 is 0 Å². The van der Waals surface area contributed by atoms with Crippen LogP contribution in [0.15, 0.2) is 17.6 Å². The minimum absolute atomic E-state index is 0.464. The molecule has 0 aliphatic rings. The Morgan fingerprint density at radius 2 is 2.46 bits per heavy atom. The van der Waals surface area contributed by atoms with Gasteiger partial charge in [0.25, 0.3) is 0 Å². The Balaban J connectivity index is 2.40. The summed E-state index contributed by atoms with van der Waals surface area (Å²) in [7, 11) is 1.84. The molecule has 0 radical (unpaired) electrons. The molecular formula is C8H7N3OS. The molecule has 0 aliphatic carbocycles. The van der Waals surface area contributed by atoms with Gasteiger partial charge < -0.3 is 0 Å². The third-order valence-corrected chi connectivity index (χ3v) is 2.46. The molecule has 2 rings (SSSR count). The molecule has 0 saturated heterocycles. The minimum Gasteiger partial charge on any atom is -0.296 e. The summed E-state index contributed by atoms with van der Waals surface area (Å²) in [6.45, 7) is 0. The van der Waals surface area contributed by atoms with Crippen LogP contribution >= 0.6 is 11.3 Å². The van der Waals surface area contributed by atoms with Crippen molar-refractivity contribution in [2.45, 2.75) is 0 Å². The van der Waals surface area contributed by atoms with Gasteiger partial charge in [-0.15, -0.1) is 11.3 Å². The highest BCUT2D eigenvalue weighted by atomic mass is 32.1. The highest BCUT2D eigenvalue weighted by molar-refractivity contribution is 7.13. The number of aryl methyl sites for hydroxylation is 1. The average Bonchev–Trinajstić information content (AvgIpc) is 2.71. The fourth-order valence-corrected chi connectivity index (χ4v) is 1.72. The lowest BCUT2D eigenvalue weighted by Crippen LogP contribution is -1.87. The summed E-state index contributed by atoms with van der Waals surface area (Å²) in [5.41, 5.74) is 1.27. The molecule has 4 nitrogen and oxygen atoms in total. The number of aromatic nitrogens is 3. The first kappa shape index (κ1) is 8.12. The normalized spacial score (nSPS) is 10.2.